The average molecular weight is 760 g/mol. The van der Waals surface area contributed by atoms with Crippen LogP contribution in [0.2, 0.25) is 0 Å². The van der Waals surface area contributed by atoms with Gasteiger partial charge in [0, 0.05) is 38.4 Å². The molecule has 0 atom stereocenters. The van der Waals surface area contributed by atoms with Crippen molar-refractivity contribution in [1.82, 2.24) is 4.57 Å². The highest BCUT2D eigenvalue weighted by molar-refractivity contribution is 8.00. The minimum absolute atomic E-state index is 1.11. The van der Waals surface area contributed by atoms with Crippen LogP contribution in [0.15, 0.2) is 234 Å². The molecule has 10 aromatic rings. The van der Waals surface area contributed by atoms with Gasteiger partial charge in [-0.1, -0.05) is 163 Å². The minimum Gasteiger partial charge on any atom is -0.310 e. The summed E-state index contributed by atoms with van der Waals surface area (Å²) in [6, 6.07) is 81.0. The molecule has 1 aliphatic rings. The van der Waals surface area contributed by atoms with Crippen molar-refractivity contribution in [1.29, 1.82) is 0 Å². The third-order valence-corrected chi connectivity index (χ3v) is 12.3. The normalized spacial score (nSPS) is 12.0. The topological polar surface area (TPSA) is 11.4 Å². The Kier molecular flexibility index (Phi) is 8.41. The molecule has 0 amide bonds. The number of benzene rings is 9. The van der Waals surface area contributed by atoms with Gasteiger partial charge >= 0.3 is 0 Å². The Bertz CT molecular complexity index is 3060. The summed E-state index contributed by atoms with van der Waals surface area (Å²) in [5.41, 5.74) is 12.8. The third kappa shape index (κ3) is 5.85. The second-order valence-corrected chi connectivity index (χ2v) is 15.6. The van der Waals surface area contributed by atoms with Crippen molar-refractivity contribution < 1.29 is 0 Å². The zero-order valence-electron chi connectivity index (χ0n) is 31.6. The number of aromatic nitrogens is 1. The van der Waals surface area contributed by atoms with Crippen LogP contribution >= 0.6 is 11.8 Å². The molecule has 0 radical (unpaired) electrons. The minimum atomic E-state index is 1.11. The van der Waals surface area contributed by atoms with Crippen molar-refractivity contribution in [2.75, 3.05) is 9.80 Å². The maximum Gasteiger partial charge on any atom is 0.137 e. The number of para-hydroxylation sites is 3. The van der Waals surface area contributed by atoms with Crippen LogP contribution in [0, 0.1) is 0 Å². The standard InChI is InChI=1S/C54H37N3S/c1-4-15-38(16-5-1)39-27-32-45(33-28-39)55(49-26-14-18-41-17-10-11-23-47(41)49)46-34-29-40(30-35-46)42-31-36-51-52(37-42)58-53-48-24-12-13-25-50(48)56(43-19-6-2-7-20-43)54(53)57(51)44-21-8-3-9-22-44/h1-37H. The Morgan fingerprint density at radius 1 is 0.397 bits per heavy atom. The Hall–Kier alpha value is -7.27. The zero-order chi connectivity index (χ0) is 38.4. The number of fused-ring (bicyclic) bond motifs is 5. The lowest BCUT2D eigenvalue weighted by Crippen LogP contribution is -2.17. The molecule has 0 saturated heterocycles. The SMILES string of the molecule is c1ccc(-c2ccc(N(c3ccc(-c4ccc5c(c4)Sc4c(n(-c6ccccc6)c6ccccc46)N5c4ccccc4)cc3)c3cccc4ccccc34)cc2)cc1. The van der Waals surface area contributed by atoms with Crippen LogP contribution in [0.5, 0.6) is 0 Å². The van der Waals surface area contributed by atoms with Crippen molar-refractivity contribution >= 4 is 67.7 Å². The van der Waals surface area contributed by atoms with Crippen LogP contribution in [0.1, 0.15) is 0 Å². The average Bonchev–Trinajstić information content (AvgIpc) is 3.63. The quantitative estimate of drug-likeness (QED) is 0.160. The van der Waals surface area contributed by atoms with Crippen molar-refractivity contribution in [2.24, 2.45) is 0 Å². The van der Waals surface area contributed by atoms with Gasteiger partial charge in [0.05, 0.1) is 21.8 Å². The highest BCUT2D eigenvalue weighted by Gasteiger charge is 2.32. The van der Waals surface area contributed by atoms with Gasteiger partial charge in [-0.25, -0.2) is 0 Å². The molecule has 0 N–H and O–H groups in total. The fourth-order valence-corrected chi connectivity index (χ4v) is 9.65. The smallest absolute Gasteiger partial charge is 0.137 e. The number of hydrogen-bond acceptors (Lipinski definition) is 3. The highest BCUT2D eigenvalue weighted by Crippen LogP contribution is 2.56. The molecule has 9 aromatic carbocycles. The van der Waals surface area contributed by atoms with Crippen LogP contribution in [0.3, 0.4) is 0 Å². The number of rotatable bonds is 7. The molecule has 0 saturated carbocycles. The molecule has 0 bridgehead atoms. The molecule has 1 aromatic heterocycles. The predicted molar refractivity (Wildman–Crippen MR) is 245 cm³/mol. The van der Waals surface area contributed by atoms with Crippen molar-refractivity contribution in [2.45, 2.75) is 9.79 Å². The molecule has 0 spiro atoms. The number of nitrogens with zero attached hydrogens (tertiary/aromatic N) is 3. The first-order valence-electron chi connectivity index (χ1n) is 19.7. The molecular weight excluding hydrogens is 723 g/mol. The van der Waals surface area contributed by atoms with E-state index in [1.54, 1.807) is 0 Å². The van der Waals surface area contributed by atoms with E-state index < -0.39 is 0 Å². The van der Waals surface area contributed by atoms with Gasteiger partial charge in [-0.3, -0.25) is 9.47 Å². The summed E-state index contributed by atoms with van der Waals surface area (Å²) in [4.78, 5) is 7.30. The molecule has 2 heterocycles. The Labute approximate surface area is 342 Å². The maximum absolute atomic E-state index is 2.44. The van der Waals surface area contributed by atoms with E-state index in [1.807, 2.05) is 11.8 Å². The third-order valence-electron chi connectivity index (χ3n) is 11.2. The van der Waals surface area contributed by atoms with Gasteiger partial charge in [-0.05, 0) is 100 Å². The second kappa shape index (κ2) is 14.3. The summed E-state index contributed by atoms with van der Waals surface area (Å²) < 4.78 is 2.41. The fourth-order valence-electron chi connectivity index (χ4n) is 8.43. The van der Waals surface area contributed by atoms with E-state index in [0.717, 1.165) is 28.4 Å². The van der Waals surface area contributed by atoms with Gasteiger partial charge in [-0.15, -0.1) is 0 Å². The first kappa shape index (κ1) is 34.0. The van der Waals surface area contributed by atoms with Gasteiger partial charge < -0.3 is 4.90 Å². The van der Waals surface area contributed by atoms with E-state index >= 15 is 0 Å². The van der Waals surface area contributed by atoms with Crippen LogP contribution in [-0.4, -0.2) is 4.57 Å². The Balaban J connectivity index is 1.01. The Morgan fingerprint density at radius 3 is 1.64 bits per heavy atom. The van der Waals surface area contributed by atoms with E-state index in [9.17, 15) is 0 Å². The monoisotopic (exact) mass is 759 g/mol. The zero-order valence-corrected chi connectivity index (χ0v) is 32.4. The number of hydrogen-bond donors (Lipinski definition) is 0. The lowest BCUT2D eigenvalue weighted by molar-refractivity contribution is 1.03. The second-order valence-electron chi connectivity index (χ2n) is 14.6. The summed E-state index contributed by atoms with van der Waals surface area (Å²) in [7, 11) is 0. The van der Waals surface area contributed by atoms with Crippen molar-refractivity contribution in [3.8, 4) is 27.9 Å². The summed E-state index contributed by atoms with van der Waals surface area (Å²) in [6.07, 6.45) is 0. The summed E-state index contributed by atoms with van der Waals surface area (Å²) in [5.74, 6) is 1.17. The van der Waals surface area contributed by atoms with E-state index in [0.29, 0.717) is 0 Å². The number of anilines is 6. The van der Waals surface area contributed by atoms with Crippen LogP contribution in [0.25, 0.3) is 49.6 Å². The van der Waals surface area contributed by atoms with Gasteiger partial charge in [0.25, 0.3) is 0 Å². The van der Waals surface area contributed by atoms with Crippen molar-refractivity contribution in [3.05, 3.63) is 224 Å². The predicted octanol–water partition coefficient (Wildman–Crippen LogP) is 15.5. The molecule has 58 heavy (non-hydrogen) atoms. The molecule has 274 valence electrons. The first-order valence-corrected chi connectivity index (χ1v) is 20.5. The summed E-state index contributed by atoms with van der Waals surface area (Å²) >= 11 is 1.87. The maximum atomic E-state index is 2.44. The molecule has 0 aliphatic carbocycles. The first-order chi connectivity index (χ1) is 28.8. The van der Waals surface area contributed by atoms with E-state index in [-0.39, 0.29) is 0 Å². The van der Waals surface area contributed by atoms with Crippen molar-refractivity contribution in [3.63, 3.8) is 0 Å². The molecule has 0 fully saturated rings. The highest BCUT2D eigenvalue weighted by atomic mass is 32.2. The van der Waals surface area contributed by atoms with Gasteiger partial charge in [-0.2, -0.15) is 0 Å². The lowest BCUT2D eigenvalue weighted by atomic mass is 10.0. The molecule has 11 rings (SSSR count). The fraction of sp³-hybridized carbons (Fsp3) is 0. The van der Waals surface area contributed by atoms with Crippen LogP contribution < -0.4 is 9.80 Å². The van der Waals surface area contributed by atoms with Gasteiger partial charge in [0.1, 0.15) is 5.82 Å². The summed E-state index contributed by atoms with van der Waals surface area (Å²) in [6.45, 7) is 0. The molecule has 0 unspecified atom stereocenters. The molecule has 4 heteroatoms. The van der Waals surface area contributed by atoms with Crippen LogP contribution in [0.4, 0.5) is 34.3 Å². The summed E-state index contributed by atoms with van der Waals surface area (Å²) in [5, 5.41) is 3.68. The molecular formula is C54H37N3S. The lowest BCUT2D eigenvalue weighted by Gasteiger charge is -2.33. The van der Waals surface area contributed by atoms with Gasteiger partial charge in [0.15, 0.2) is 0 Å². The van der Waals surface area contributed by atoms with Gasteiger partial charge in [0.2, 0.25) is 0 Å². The largest absolute Gasteiger partial charge is 0.310 e. The van der Waals surface area contributed by atoms with E-state index in [2.05, 4.69) is 239 Å². The Morgan fingerprint density at radius 2 is 0.931 bits per heavy atom. The van der Waals surface area contributed by atoms with Crippen LogP contribution in [-0.2, 0) is 0 Å². The molecule has 3 nitrogen and oxygen atoms in total. The van der Waals surface area contributed by atoms with E-state index in [4.69, 9.17) is 0 Å². The molecule has 1 aliphatic heterocycles. The van der Waals surface area contributed by atoms with E-state index in [1.165, 1.54) is 65.2 Å².